The maximum Gasteiger partial charge on any atom is 0.337 e. The van der Waals surface area contributed by atoms with E-state index in [1.54, 1.807) is 13.1 Å². The van der Waals surface area contributed by atoms with Gasteiger partial charge < -0.3 is 0 Å². The minimum Gasteiger partial charge on any atom is -0.292 e. The van der Waals surface area contributed by atoms with Crippen molar-refractivity contribution in [1.29, 1.82) is 5.26 Å². The first kappa shape index (κ1) is 12.9. The van der Waals surface area contributed by atoms with Crippen molar-refractivity contribution in [3.05, 3.63) is 63.1 Å². The van der Waals surface area contributed by atoms with Gasteiger partial charge in [-0.25, -0.2) is 14.2 Å². The van der Waals surface area contributed by atoms with Gasteiger partial charge in [0.25, 0.3) is 0 Å². The maximum absolute atomic E-state index is 12.3. The lowest BCUT2D eigenvalue weighted by molar-refractivity contribution is 0.638. The molecule has 0 radical (unpaired) electrons. The van der Waals surface area contributed by atoms with Crippen molar-refractivity contribution in [2.24, 2.45) is 0 Å². The Balaban J connectivity index is 2.45. The Hall–Kier alpha value is -3.07. The highest BCUT2D eigenvalue weighted by atomic mass is 16.2. The number of nitrogens with one attached hydrogen (secondary N) is 1. The summed E-state index contributed by atoms with van der Waals surface area (Å²) in [6.07, 6.45) is 1.59. The maximum atomic E-state index is 12.3. The molecule has 0 spiro atoms. The number of aromatic amines is 1. The van der Waals surface area contributed by atoms with Gasteiger partial charge in [0.2, 0.25) is 0 Å². The fourth-order valence-electron chi connectivity index (χ4n) is 2.39. The summed E-state index contributed by atoms with van der Waals surface area (Å²) in [7, 11) is 0. The number of fused-ring (bicyclic) bond motifs is 1. The molecule has 104 valence electrons. The molecule has 0 saturated carbocycles. The largest absolute Gasteiger partial charge is 0.337 e. The third-order valence-corrected chi connectivity index (χ3v) is 3.43. The van der Waals surface area contributed by atoms with Crippen LogP contribution in [0.1, 0.15) is 12.5 Å². The molecule has 0 aliphatic rings. The van der Waals surface area contributed by atoms with E-state index in [1.807, 2.05) is 30.3 Å². The van der Waals surface area contributed by atoms with E-state index in [9.17, 15) is 14.9 Å². The molecule has 0 unspecified atom stereocenters. The first-order valence-electron chi connectivity index (χ1n) is 6.51. The summed E-state index contributed by atoms with van der Waals surface area (Å²) in [6, 6.07) is 11.4. The highest BCUT2D eigenvalue weighted by Crippen LogP contribution is 2.25. The van der Waals surface area contributed by atoms with E-state index < -0.39 is 11.4 Å². The molecule has 0 saturated heterocycles. The van der Waals surface area contributed by atoms with Gasteiger partial charge in [0, 0.05) is 18.3 Å². The Morgan fingerprint density at radius 1 is 1.24 bits per heavy atom. The third kappa shape index (κ3) is 1.87. The van der Waals surface area contributed by atoms with E-state index in [2.05, 4.69) is 11.1 Å². The zero-order chi connectivity index (χ0) is 15.0. The number of aromatic nitrogens is 3. The molecular weight excluding hydrogens is 268 g/mol. The van der Waals surface area contributed by atoms with Crippen LogP contribution in [-0.2, 0) is 6.54 Å². The average Bonchev–Trinajstić information content (AvgIpc) is 2.87. The third-order valence-electron chi connectivity index (χ3n) is 3.43. The first-order chi connectivity index (χ1) is 10.2. The summed E-state index contributed by atoms with van der Waals surface area (Å²) in [5.74, 6) is 0. The Bertz CT molecular complexity index is 971. The molecule has 0 bridgehead atoms. The topological polar surface area (TPSA) is 83.1 Å². The minimum absolute atomic E-state index is 0.232. The molecule has 0 amide bonds. The van der Waals surface area contributed by atoms with Crippen molar-refractivity contribution in [3.8, 4) is 17.2 Å². The lowest BCUT2D eigenvalue weighted by atomic mass is 10.1. The summed E-state index contributed by atoms with van der Waals surface area (Å²) in [4.78, 5) is 26.8. The van der Waals surface area contributed by atoms with Crippen LogP contribution in [0.3, 0.4) is 0 Å². The summed E-state index contributed by atoms with van der Waals surface area (Å²) in [5.41, 5.74) is 1.01. The second kappa shape index (κ2) is 4.80. The van der Waals surface area contributed by atoms with E-state index in [4.69, 9.17) is 0 Å². The number of nitrogens with zero attached hydrogens (tertiary/aromatic N) is 3. The van der Waals surface area contributed by atoms with Crippen LogP contribution < -0.4 is 11.4 Å². The van der Waals surface area contributed by atoms with E-state index >= 15 is 0 Å². The van der Waals surface area contributed by atoms with Crippen LogP contribution in [0.25, 0.3) is 16.8 Å². The van der Waals surface area contributed by atoms with E-state index in [0.717, 1.165) is 10.1 Å². The van der Waals surface area contributed by atoms with Crippen LogP contribution >= 0.6 is 0 Å². The van der Waals surface area contributed by atoms with Crippen LogP contribution in [0.5, 0.6) is 0 Å². The van der Waals surface area contributed by atoms with Crippen LogP contribution in [0, 0.1) is 11.3 Å². The summed E-state index contributed by atoms with van der Waals surface area (Å²) < 4.78 is 2.40. The highest BCUT2D eigenvalue weighted by Gasteiger charge is 2.16. The number of benzene rings is 1. The molecule has 0 aliphatic heterocycles. The average molecular weight is 280 g/mol. The summed E-state index contributed by atoms with van der Waals surface area (Å²) >= 11 is 0. The lowest BCUT2D eigenvalue weighted by Gasteiger charge is -2.01. The van der Waals surface area contributed by atoms with Crippen molar-refractivity contribution < 1.29 is 0 Å². The van der Waals surface area contributed by atoms with Crippen molar-refractivity contribution in [2.75, 3.05) is 0 Å². The zero-order valence-corrected chi connectivity index (χ0v) is 11.3. The smallest absolute Gasteiger partial charge is 0.292 e. The van der Waals surface area contributed by atoms with Crippen molar-refractivity contribution in [2.45, 2.75) is 13.5 Å². The van der Waals surface area contributed by atoms with E-state index in [-0.39, 0.29) is 12.2 Å². The molecule has 6 heteroatoms. The van der Waals surface area contributed by atoms with E-state index in [0.29, 0.717) is 11.1 Å². The molecule has 2 aromatic heterocycles. The predicted molar refractivity (Wildman–Crippen MR) is 78.1 cm³/mol. The Labute approximate surface area is 119 Å². The number of nitriles is 1. The van der Waals surface area contributed by atoms with Gasteiger partial charge in [-0.15, -0.1) is 0 Å². The van der Waals surface area contributed by atoms with Gasteiger partial charge >= 0.3 is 11.4 Å². The molecular formula is C15H12N4O2. The number of H-pyrrole nitrogens is 1. The second-order valence-electron chi connectivity index (χ2n) is 4.57. The first-order valence-corrected chi connectivity index (χ1v) is 6.51. The van der Waals surface area contributed by atoms with Crippen molar-refractivity contribution in [3.63, 3.8) is 0 Å². The van der Waals surface area contributed by atoms with Crippen LogP contribution in [0.15, 0.2) is 46.1 Å². The Morgan fingerprint density at radius 3 is 2.57 bits per heavy atom. The standard InChI is InChI=1S/C15H12N4O2/c1-2-18-14(20)17-13-11(8-16)12(9-19(13)15(18)21)10-6-4-3-5-7-10/h3-7,9H,2H2,1H3,(H,17,20). The molecule has 2 heterocycles. The van der Waals surface area contributed by atoms with Crippen LogP contribution in [0.2, 0.25) is 0 Å². The van der Waals surface area contributed by atoms with Crippen LogP contribution in [-0.4, -0.2) is 14.0 Å². The normalized spacial score (nSPS) is 10.7. The van der Waals surface area contributed by atoms with Gasteiger partial charge in [-0.2, -0.15) is 5.26 Å². The van der Waals surface area contributed by atoms with Gasteiger partial charge in [0.1, 0.15) is 17.3 Å². The Morgan fingerprint density at radius 2 is 1.95 bits per heavy atom. The van der Waals surface area contributed by atoms with Gasteiger partial charge in [-0.3, -0.25) is 9.38 Å². The molecule has 3 aromatic rings. The van der Waals surface area contributed by atoms with Crippen LogP contribution in [0.4, 0.5) is 0 Å². The second-order valence-corrected chi connectivity index (χ2v) is 4.57. The van der Waals surface area contributed by atoms with Crippen molar-refractivity contribution in [1.82, 2.24) is 14.0 Å². The molecule has 0 aliphatic carbocycles. The minimum atomic E-state index is -0.510. The number of rotatable bonds is 2. The monoisotopic (exact) mass is 280 g/mol. The fourth-order valence-corrected chi connectivity index (χ4v) is 2.39. The predicted octanol–water partition coefficient (Wildman–Crippen LogP) is 1.35. The molecule has 3 rings (SSSR count). The molecule has 21 heavy (non-hydrogen) atoms. The SMILES string of the molecule is CCn1c(=O)[nH]c2c(C#N)c(-c3ccccc3)cn2c1=O. The number of hydrogen-bond donors (Lipinski definition) is 1. The van der Waals surface area contributed by atoms with Crippen molar-refractivity contribution >= 4 is 5.65 Å². The van der Waals surface area contributed by atoms with Gasteiger partial charge in [-0.1, -0.05) is 30.3 Å². The summed E-state index contributed by atoms with van der Waals surface area (Å²) in [5, 5.41) is 9.38. The highest BCUT2D eigenvalue weighted by molar-refractivity contribution is 5.78. The Kier molecular flexibility index (Phi) is 2.95. The molecule has 0 fully saturated rings. The molecule has 0 atom stereocenters. The molecule has 1 N–H and O–H groups in total. The quantitative estimate of drug-likeness (QED) is 0.769. The molecule has 6 nitrogen and oxygen atoms in total. The fraction of sp³-hybridized carbons (Fsp3) is 0.133. The number of hydrogen-bond acceptors (Lipinski definition) is 3. The summed E-state index contributed by atoms with van der Waals surface area (Å²) in [6.45, 7) is 1.99. The lowest BCUT2D eigenvalue weighted by Crippen LogP contribution is -2.38. The van der Waals surface area contributed by atoms with Gasteiger partial charge in [-0.05, 0) is 12.5 Å². The van der Waals surface area contributed by atoms with E-state index in [1.165, 1.54) is 4.40 Å². The zero-order valence-electron chi connectivity index (χ0n) is 11.3. The molecule has 1 aromatic carbocycles. The van der Waals surface area contributed by atoms with Gasteiger partial charge in [0.15, 0.2) is 0 Å². The van der Waals surface area contributed by atoms with Gasteiger partial charge in [0.05, 0.1) is 0 Å².